The molecule has 0 fully saturated rings. The summed E-state index contributed by atoms with van der Waals surface area (Å²) in [5.41, 5.74) is 0. The van der Waals surface area contributed by atoms with Gasteiger partial charge in [-0.15, -0.1) is 0 Å². The average Bonchev–Trinajstić information content (AvgIpc) is 2.24. The molecule has 0 aromatic rings. The Labute approximate surface area is 170 Å². The van der Waals surface area contributed by atoms with E-state index in [4.69, 9.17) is 24.2 Å². The smallest absolute Gasteiger partial charge is 0.724 e. The first-order chi connectivity index (χ1) is 9.41. The van der Waals surface area contributed by atoms with Gasteiger partial charge in [0.15, 0.2) is 0 Å². The molecule has 0 aliphatic rings. The van der Waals surface area contributed by atoms with Gasteiger partial charge in [0.2, 0.25) is 10.4 Å². The van der Waals surface area contributed by atoms with E-state index in [2.05, 4.69) is 17.3 Å². The van der Waals surface area contributed by atoms with Crippen molar-refractivity contribution in [3.8, 4) is 0 Å². The van der Waals surface area contributed by atoms with Crippen molar-refractivity contribution >= 4 is 41.6 Å². The molecule has 138 valence electrons. The Hall–Kier alpha value is 1.04. The predicted molar refractivity (Wildman–Crippen MR) is 53.9 cm³/mol. The molecule has 0 spiro atoms. The average molecular weight is 460 g/mol. The molecule has 0 amide bonds. The molecule has 23 heteroatoms. The molecule has 0 aromatic carbocycles. The van der Waals surface area contributed by atoms with E-state index in [1.54, 1.807) is 0 Å². The minimum atomic E-state index is -5.27. The van der Waals surface area contributed by atoms with Crippen LogP contribution >= 0.6 is 0 Å². The largest absolute Gasteiger partial charge is 1.00 e. The van der Waals surface area contributed by atoms with Crippen molar-refractivity contribution in [2.45, 2.75) is 0 Å². The first-order valence-corrected chi connectivity index (χ1v) is 8.68. The van der Waals surface area contributed by atoms with Crippen molar-refractivity contribution in [1.29, 1.82) is 0 Å². The van der Waals surface area contributed by atoms with Crippen LogP contribution in [0.15, 0.2) is 0 Å². The van der Waals surface area contributed by atoms with Gasteiger partial charge < -0.3 is 4.55 Å². The van der Waals surface area contributed by atoms with E-state index < -0.39 is 41.6 Å². The van der Waals surface area contributed by atoms with Crippen molar-refractivity contribution in [3.63, 3.8) is 0 Å². The summed E-state index contributed by atoms with van der Waals surface area (Å²) in [6.45, 7) is 0. The molecular weight excluding hydrogens is 455 g/mol. The maximum atomic E-state index is 9.51. The maximum absolute atomic E-state index is 9.51. The van der Waals surface area contributed by atoms with Crippen LogP contribution in [0.5, 0.6) is 0 Å². The second kappa shape index (κ2) is 13.3. The van der Waals surface area contributed by atoms with Crippen LogP contribution in [0.3, 0.4) is 0 Å². The van der Waals surface area contributed by atoms with E-state index in [-0.39, 0.29) is 51.4 Å². The summed E-state index contributed by atoms with van der Waals surface area (Å²) in [5, 5.41) is 12.0. The Balaban J connectivity index is -0.000000136. The molecule has 0 saturated heterocycles. The van der Waals surface area contributed by atoms with Crippen LogP contribution in [0.1, 0.15) is 0 Å². The second-order valence-corrected chi connectivity index (χ2v) is 5.89. The molecule has 0 aliphatic heterocycles. The van der Waals surface area contributed by atoms with Crippen LogP contribution in [-0.2, 0) is 58.9 Å². The van der Waals surface area contributed by atoms with Crippen molar-refractivity contribution in [2.75, 3.05) is 0 Å². The summed E-state index contributed by atoms with van der Waals surface area (Å²) in [7, 11) is -20.4. The third kappa shape index (κ3) is 45.1. The zero-order valence-electron chi connectivity index (χ0n) is 10.2. The van der Waals surface area contributed by atoms with E-state index >= 15 is 0 Å². The molecule has 23 heavy (non-hydrogen) atoms. The van der Waals surface area contributed by atoms with Gasteiger partial charge in [-0.2, -0.15) is 25.3 Å². The summed E-state index contributed by atoms with van der Waals surface area (Å²) in [6, 6.07) is 0. The van der Waals surface area contributed by atoms with Crippen LogP contribution in [0.2, 0.25) is 0 Å². The molecule has 0 aromatic heterocycles. The molecule has 0 aliphatic carbocycles. The standard InChI is InChI=1S/K.2H2O8S2.H2O2/c;2*1-9(2,3)7-8-10(4,5)6;1-2/h;2*(H,1,2,3)(H,4,5,6);1-2H/q+1;;;/p-1. The van der Waals surface area contributed by atoms with E-state index in [1.165, 1.54) is 0 Å². The number of hydrogen-bond acceptors (Lipinski definition) is 15. The summed E-state index contributed by atoms with van der Waals surface area (Å²) < 4.78 is 119. The molecule has 0 unspecified atom stereocenters. The molecular formula is H5KO18S4. The first-order valence-electron chi connectivity index (χ1n) is 3.25. The van der Waals surface area contributed by atoms with Gasteiger partial charge in [0, 0.05) is 0 Å². The van der Waals surface area contributed by atoms with Crippen LogP contribution < -0.4 is 51.4 Å². The Morgan fingerprint density at radius 2 is 0.739 bits per heavy atom. The normalized spacial score (nSPS) is 11.9. The number of hydrogen-bond donors (Lipinski definition) is 5. The molecule has 0 heterocycles. The summed E-state index contributed by atoms with van der Waals surface area (Å²) in [6.07, 6.45) is 0. The SMILES string of the molecule is O=S(=O)(O)OOS(=O)(=O)O.O=S(=O)([O-])OOS(=O)(=O)O.OO.[K+]. The van der Waals surface area contributed by atoms with E-state index in [0.29, 0.717) is 0 Å². The van der Waals surface area contributed by atoms with Gasteiger partial charge in [-0.05, 0) is 0 Å². The third-order valence-corrected chi connectivity index (χ3v) is 1.52. The van der Waals surface area contributed by atoms with Crippen molar-refractivity contribution in [1.82, 2.24) is 0 Å². The predicted octanol–water partition coefficient (Wildman–Crippen LogP) is -6.24. The van der Waals surface area contributed by atoms with Crippen LogP contribution in [0.25, 0.3) is 0 Å². The molecule has 0 bridgehead atoms. The fraction of sp³-hybridized carbons (Fsp3) is 0. The number of rotatable bonds is 6. The molecule has 5 N–H and O–H groups in total. The molecule has 0 atom stereocenters. The zero-order valence-corrected chi connectivity index (χ0v) is 16.6. The minimum Gasteiger partial charge on any atom is -0.724 e. The molecule has 18 nitrogen and oxygen atoms in total. The summed E-state index contributed by atoms with van der Waals surface area (Å²) >= 11 is 0. The molecule has 0 rings (SSSR count). The van der Waals surface area contributed by atoms with Crippen LogP contribution in [0, 0.1) is 0 Å². The van der Waals surface area contributed by atoms with Gasteiger partial charge >= 0.3 is 82.6 Å². The van der Waals surface area contributed by atoms with E-state index in [9.17, 15) is 38.2 Å². The minimum absolute atomic E-state index is 0. The van der Waals surface area contributed by atoms with Crippen LogP contribution in [0.4, 0.5) is 0 Å². The van der Waals surface area contributed by atoms with Gasteiger partial charge in [0.1, 0.15) is 0 Å². The topological polar surface area (TPSA) is 298 Å². The Bertz CT molecular complexity index is 557. The van der Waals surface area contributed by atoms with Crippen LogP contribution in [-0.4, -0.2) is 62.4 Å². The summed E-state index contributed by atoms with van der Waals surface area (Å²) in [4.78, 5) is 0. The van der Waals surface area contributed by atoms with Gasteiger partial charge in [0.05, 0.1) is 0 Å². The first kappa shape index (κ1) is 31.8. The quantitative estimate of drug-likeness (QED) is 0.0808. The van der Waals surface area contributed by atoms with Crippen molar-refractivity contribution < 1.29 is 131 Å². The van der Waals surface area contributed by atoms with Gasteiger partial charge in [-0.25, -0.2) is 8.42 Å². The Morgan fingerprint density at radius 1 is 0.565 bits per heavy atom. The van der Waals surface area contributed by atoms with Crippen molar-refractivity contribution in [2.24, 2.45) is 0 Å². The summed E-state index contributed by atoms with van der Waals surface area (Å²) in [5.74, 6) is 0. The fourth-order valence-corrected chi connectivity index (χ4v) is 1.25. The van der Waals surface area contributed by atoms with Gasteiger partial charge in [-0.1, -0.05) is 17.3 Å². The van der Waals surface area contributed by atoms with Crippen molar-refractivity contribution in [3.05, 3.63) is 0 Å². The Kier molecular flexibility index (Phi) is 18.3. The fourth-order valence-electron chi connectivity index (χ4n) is 0.139. The Morgan fingerprint density at radius 3 is 0.826 bits per heavy atom. The van der Waals surface area contributed by atoms with Gasteiger partial charge in [0.25, 0.3) is 0 Å². The van der Waals surface area contributed by atoms with E-state index in [0.717, 1.165) is 0 Å². The van der Waals surface area contributed by atoms with E-state index in [1.807, 2.05) is 0 Å². The molecule has 0 radical (unpaired) electrons. The van der Waals surface area contributed by atoms with Gasteiger partial charge in [-0.3, -0.25) is 24.2 Å². The molecule has 0 saturated carbocycles. The zero-order chi connectivity index (χ0) is 18.8. The second-order valence-electron chi connectivity index (χ2n) is 1.96. The third-order valence-electron chi connectivity index (χ3n) is 0.397. The monoisotopic (exact) mass is 460 g/mol. The maximum Gasteiger partial charge on any atom is 1.00 e.